The monoisotopic (exact) mass is 297 g/mol. The number of nitrogens with zero attached hydrogens (tertiary/aromatic N) is 2. The Morgan fingerprint density at radius 2 is 2.10 bits per heavy atom. The van der Waals surface area contributed by atoms with Crippen LogP contribution in [0.4, 0.5) is 13.2 Å². The van der Waals surface area contributed by atoms with E-state index in [2.05, 4.69) is 4.98 Å². The summed E-state index contributed by atoms with van der Waals surface area (Å²) < 4.78 is 40.0. The number of alkyl halides is 3. The highest BCUT2D eigenvalue weighted by molar-refractivity contribution is 5.27. The molecule has 0 bridgehead atoms. The molecule has 0 fully saturated rings. The van der Waals surface area contributed by atoms with Crippen molar-refractivity contribution < 1.29 is 13.2 Å². The van der Waals surface area contributed by atoms with Gasteiger partial charge in [0.05, 0.1) is 5.56 Å². The molecule has 1 atom stereocenters. The van der Waals surface area contributed by atoms with E-state index < -0.39 is 17.8 Å². The Labute approximate surface area is 121 Å². The second-order valence-electron chi connectivity index (χ2n) is 4.98. The summed E-state index contributed by atoms with van der Waals surface area (Å²) in [4.78, 5) is 4.24. The van der Waals surface area contributed by atoms with Crippen LogP contribution in [-0.4, -0.2) is 9.55 Å². The van der Waals surface area contributed by atoms with Crippen LogP contribution in [0, 0.1) is 0 Å². The van der Waals surface area contributed by atoms with Gasteiger partial charge in [-0.05, 0) is 24.1 Å². The molecule has 1 heterocycles. The number of hydrogen-bond acceptors (Lipinski definition) is 2. The number of rotatable bonds is 5. The van der Waals surface area contributed by atoms with Gasteiger partial charge in [-0.25, -0.2) is 4.98 Å². The third kappa shape index (κ3) is 3.85. The fourth-order valence-corrected chi connectivity index (χ4v) is 2.22. The van der Waals surface area contributed by atoms with E-state index >= 15 is 0 Å². The predicted molar refractivity (Wildman–Crippen MR) is 74.6 cm³/mol. The summed E-state index contributed by atoms with van der Waals surface area (Å²) in [5.74, 6) is 0.903. The first kappa shape index (κ1) is 15.6. The van der Waals surface area contributed by atoms with Gasteiger partial charge in [-0.1, -0.05) is 19.1 Å². The van der Waals surface area contributed by atoms with E-state index in [0.717, 1.165) is 30.8 Å². The first-order valence-electron chi connectivity index (χ1n) is 6.84. The maximum atomic E-state index is 12.7. The van der Waals surface area contributed by atoms with Crippen molar-refractivity contribution in [1.82, 2.24) is 9.55 Å². The average molecular weight is 297 g/mol. The Morgan fingerprint density at radius 1 is 1.33 bits per heavy atom. The molecule has 2 N–H and O–H groups in total. The molecule has 1 unspecified atom stereocenters. The Hall–Kier alpha value is -1.82. The first-order chi connectivity index (χ1) is 9.91. The maximum absolute atomic E-state index is 12.7. The summed E-state index contributed by atoms with van der Waals surface area (Å²) in [6, 6.07) is 4.67. The Bertz CT molecular complexity index is 590. The fourth-order valence-electron chi connectivity index (χ4n) is 2.22. The standard InChI is InChI=1S/C15H18F3N3/c1-2-4-14-20-7-8-21(14)10-13(19)11-5-3-6-12(9-11)15(16,17)18/h3,5-9,13H,2,4,10,19H2,1H3. The summed E-state index contributed by atoms with van der Waals surface area (Å²) in [6.45, 7) is 2.46. The van der Waals surface area contributed by atoms with Crippen molar-refractivity contribution in [1.29, 1.82) is 0 Å². The summed E-state index contributed by atoms with van der Waals surface area (Å²) >= 11 is 0. The van der Waals surface area contributed by atoms with Crippen LogP contribution in [0.2, 0.25) is 0 Å². The largest absolute Gasteiger partial charge is 0.416 e. The van der Waals surface area contributed by atoms with Crippen LogP contribution in [0.25, 0.3) is 0 Å². The van der Waals surface area contributed by atoms with Crippen LogP contribution >= 0.6 is 0 Å². The first-order valence-corrected chi connectivity index (χ1v) is 6.84. The van der Waals surface area contributed by atoms with Crippen LogP contribution in [-0.2, 0) is 19.1 Å². The minimum atomic E-state index is -4.35. The Morgan fingerprint density at radius 3 is 2.76 bits per heavy atom. The minimum absolute atomic E-state index is 0.413. The maximum Gasteiger partial charge on any atom is 0.416 e. The normalized spacial score (nSPS) is 13.4. The molecule has 0 aliphatic carbocycles. The SMILES string of the molecule is CCCc1nccn1CC(N)c1cccc(C(F)(F)F)c1. The number of benzene rings is 1. The zero-order chi connectivity index (χ0) is 15.5. The molecule has 21 heavy (non-hydrogen) atoms. The zero-order valence-electron chi connectivity index (χ0n) is 11.8. The van der Waals surface area contributed by atoms with E-state index in [-0.39, 0.29) is 0 Å². The van der Waals surface area contributed by atoms with Crippen LogP contribution < -0.4 is 5.73 Å². The van der Waals surface area contributed by atoms with E-state index in [1.165, 1.54) is 6.07 Å². The highest BCUT2D eigenvalue weighted by atomic mass is 19.4. The number of aromatic nitrogens is 2. The molecule has 0 aliphatic rings. The van der Waals surface area contributed by atoms with Crippen molar-refractivity contribution in [3.8, 4) is 0 Å². The third-order valence-corrected chi connectivity index (χ3v) is 3.31. The van der Waals surface area contributed by atoms with Gasteiger partial charge in [0.1, 0.15) is 5.82 Å². The zero-order valence-corrected chi connectivity index (χ0v) is 11.8. The number of nitrogens with two attached hydrogens (primary N) is 1. The molecular weight excluding hydrogens is 279 g/mol. The molecule has 6 heteroatoms. The van der Waals surface area contributed by atoms with Crippen LogP contribution in [0.5, 0.6) is 0 Å². The van der Waals surface area contributed by atoms with Gasteiger partial charge >= 0.3 is 6.18 Å². The molecule has 114 valence electrons. The van der Waals surface area contributed by atoms with Gasteiger partial charge in [-0.3, -0.25) is 0 Å². The summed E-state index contributed by atoms with van der Waals surface area (Å²) in [5.41, 5.74) is 5.85. The van der Waals surface area contributed by atoms with Gasteiger partial charge in [0.25, 0.3) is 0 Å². The summed E-state index contributed by atoms with van der Waals surface area (Å²) in [5, 5.41) is 0. The lowest BCUT2D eigenvalue weighted by molar-refractivity contribution is -0.137. The Balaban J connectivity index is 2.16. The smallest absolute Gasteiger partial charge is 0.333 e. The molecule has 0 saturated heterocycles. The molecule has 0 amide bonds. The van der Waals surface area contributed by atoms with Gasteiger partial charge in [0.15, 0.2) is 0 Å². The minimum Gasteiger partial charge on any atom is -0.333 e. The number of hydrogen-bond donors (Lipinski definition) is 1. The number of aryl methyl sites for hydroxylation is 1. The van der Waals surface area contributed by atoms with Gasteiger partial charge < -0.3 is 10.3 Å². The number of halogens is 3. The Kier molecular flexibility index (Phi) is 4.67. The lowest BCUT2D eigenvalue weighted by Crippen LogP contribution is -2.19. The van der Waals surface area contributed by atoms with Gasteiger partial charge in [0, 0.05) is 31.4 Å². The molecule has 0 aliphatic heterocycles. The van der Waals surface area contributed by atoms with Crippen LogP contribution in [0.1, 0.15) is 36.3 Å². The highest BCUT2D eigenvalue weighted by Gasteiger charge is 2.30. The van der Waals surface area contributed by atoms with Crippen molar-refractivity contribution in [3.63, 3.8) is 0 Å². The molecule has 2 aromatic rings. The molecule has 1 aromatic carbocycles. The van der Waals surface area contributed by atoms with Gasteiger partial charge in [-0.15, -0.1) is 0 Å². The molecule has 2 rings (SSSR count). The van der Waals surface area contributed by atoms with Crippen molar-refractivity contribution >= 4 is 0 Å². The van der Waals surface area contributed by atoms with Crippen molar-refractivity contribution in [2.45, 2.75) is 38.5 Å². The lowest BCUT2D eigenvalue weighted by Gasteiger charge is -2.16. The topological polar surface area (TPSA) is 43.8 Å². The van der Waals surface area contributed by atoms with E-state index in [4.69, 9.17) is 5.73 Å². The van der Waals surface area contributed by atoms with E-state index in [0.29, 0.717) is 12.1 Å². The molecule has 1 aromatic heterocycles. The van der Waals surface area contributed by atoms with Crippen LogP contribution in [0.15, 0.2) is 36.7 Å². The highest BCUT2D eigenvalue weighted by Crippen LogP contribution is 2.30. The summed E-state index contributed by atoms with van der Waals surface area (Å²) in [6.07, 6.45) is 0.915. The second-order valence-corrected chi connectivity index (χ2v) is 4.98. The fraction of sp³-hybridized carbons (Fsp3) is 0.400. The third-order valence-electron chi connectivity index (χ3n) is 3.31. The average Bonchev–Trinajstić information content (AvgIpc) is 2.86. The molecule has 0 radical (unpaired) electrons. The van der Waals surface area contributed by atoms with Gasteiger partial charge in [0.2, 0.25) is 0 Å². The predicted octanol–water partition coefficient (Wildman–Crippen LogP) is 3.55. The molecular formula is C15H18F3N3. The van der Waals surface area contributed by atoms with E-state index in [9.17, 15) is 13.2 Å². The quantitative estimate of drug-likeness (QED) is 0.917. The lowest BCUT2D eigenvalue weighted by atomic mass is 10.0. The van der Waals surface area contributed by atoms with E-state index in [1.807, 2.05) is 11.5 Å². The van der Waals surface area contributed by atoms with Gasteiger partial charge in [-0.2, -0.15) is 13.2 Å². The summed E-state index contributed by atoms with van der Waals surface area (Å²) in [7, 11) is 0. The molecule has 3 nitrogen and oxygen atoms in total. The molecule has 0 saturated carbocycles. The number of imidazole rings is 1. The van der Waals surface area contributed by atoms with Crippen molar-refractivity contribution in [3.05, 3.63) is 53.6 Å². The second kappa shape index (κ2) is 6.30. The molecule has 0 spiro atoms. The van der Waals surface area contributed by atoms with Crippen molar-refractivity contribution in [2.24, 2.45) is 5.73 Å². The van der Waals surface area contributed by atoms with E-state index in [1.54, 1.807) is 18.5 Å². The van der Waals surface area contributed by atoms with Crippen LogP contribution in [0.3, 0.4) is 0 Å². The van der Waals surface area contributed by atoms with Crippen molar-refractivity contribution in [2.75, 3.05) is 0 Å².